The average molecular weight is 1440 g/mol. The lowest BCUT2D eigenvalue weighted by molar-refractivity contribution is -0.148. The second-order valence-electron chi connectivity index (χ2n) is 27.5. The first kappa shape index (κ1) is 85.6. The molecular formula is C72H110F2N10O16S. The molecule has 1 saturated heterocycles. The number of anilines is 1. The molecule has 2 fully saturated rings. The maximum absolute atomic E-state index is 14.8. The van der Waals surface area contributed by atoms with Crippen molar-refractivity contribution in [3.8, 4) is 0 Å². The third kappa shape index (κ3) is 26.2. The Labute approximate surface area is 597 Å². The molecule has 0 spiro atoms. The fourth-order valence-corrected chi connectivity index (χ4v) is 14.3. The van der Waals surface area contributed by atoms with Gasteiger partial charge in [0.25, 0.3) is 0 Å². The first-order valence-corrected chi connectivity index (χ1v) is 36.3. The zero-order valence-electron chi connectivity index (χ0n) is 61.0. The number of carboxylic acid groups (broad SMARTS) is 1. The lowest BCUT2D eigenvalue weighted by Crippen LogP contribution is -2.60. The summed E-state index contributed by atoms with van der Waals surface area (Å²) in [4.78, 5) is 164. The van der Waals surface area contributed by atoms with Crippen LogP contribution in [0.1, 0.15) is 163 Å². The van der Waals surface area contributed by atoms with Gasteiger partial charge in [-0.2, -0.15) is 11.8 Å². The van der Waals surface area contributed by atoms with Crippen molar-refractivity contribution in [3.63, 3.8) is 0 Å². The van der Waals surface area contributed by atoms with Crippen molar-refractivity contribution in [2.75, 3.05) is 59.0 Å². The molecule has 564 valence electrons. The summed E-state index contributed by atoms with van der Waals surface area (Å²) in [7, 11) is 5.96. The highest BCUT2D eigenvalue weighted by atomic mass is 32.2. The number of Topliss-reactive ketones (excluding diaryl/α,β-unsaturated/α-hetero) is 2. The number of carbonyl (C=O) groups excluding carboxylic acids is 11. The van der Waals surface area contributed by atoms with E-state index in [2.05, 4.69) is 31.9 Å². The van der Waals surface area contributed by atoms with Gasteiger partial charge in [0, 0.05) is 78.5 Å². The molecule has 9 N–H and O–H groups in total. The lowest BCUT2D eigenvalue weighted by Gasteiger charge is -2.41. The van der Waals surface area contributed by atoms with E-state index in [1.807, 2.05) is 13.8 Å². The number of carboxylic acids is 1. The topological polar surface area (TPSA) is 361 Å². The number of amides is 10. The minimum atomic E-state index is -1.14. The largest absolute Gasteiger partial charge is 0.481 e. The standard InChI is InChI=1S/C72H110F2N10O16S/c1-14-44(8)63(55(98-12)39-58(87)84-36-20-26-53(84)65(99-13)45(9)66(91)76-35-33-48-50(73)23-18-24-51(48)74)82(10)70(95)61(42(4)5)81-69(94)62(43(6)7)83(11)72(97)100-40-46-29-31-47(32-30-46)78-67(92)52(25-19-34-77-71(75)96)79-68(93)60(41(2)3)80-57(86)27-17-15-16-22-49-54(85)38-56(64(49)90)101-37-21-28-59(88)89/h18,23-24,29-32,41-45,49,52-53,55-56,60-63,65H,14-17,19-22,25-28,33-40H2,1-13H3,(H,76,91)(H,78,92)(H,79,93)(H,80,86)(H,81,94)(H,88,89)(H3,75,77,96)/t44-,45+,49?,52-,53-,55+,56?,60-,61-,62-,63-,65+/m0/s1. The number of unbranched alkanes of at least 4 members (excludes halogenated alkanes) is 2. The van der Waals surface area contributed by atoms with Crippen molar-refractivity contribution < 1.29 is 85.6 Å². The summed E-state index contributed by atoms with van der Waals surface area (Å²) in [5.74, 6) is -8.51. The van der Waals surface area contributed by atoms with Gasteiger partial charge >= 0.3 is 18.1 Å². The van der Waals surface area contributed by atoms with Gasteiger partial charge in [0.2, 0.25) is 41.4 Å². The van der Waals surface area contributed by atoms with Gasteiger partial charge in [0.15, 0.2) is 5.78 Å². The van der Waals surface area contributed by atoms with Crippen molar-refractivity contribution in [1.82, 2.24) is 41.3 Å². The number of carbonyl (C=O) groups is 12. The maximum atomic E-state index is 14.8. The van der Waals surface area contributed by atoms with Gasteiger partial charge in [-0.3, -0.25) is 52.8 Å². The second-order valence-corrected chi connectivity index (χ2v) is 28.8. The number of nitrogens with one attached hydrogen (secondary N) is 6. The quantitative estimate of drug-likeness (QED) is 0.0243. The van der Waals surface area contributed by atoms with E-state index in [0.717, 1.165) is 17.0 Å². The van der Waals surface area contributed by atoms with Crippen molar-refractivity contribution >= 4 is 88.5 Å². The molecule has 2 aromatic rings. The van der Waals surface area contributed by atoms with Crippen molar-refractivity contribution in [2.45, 2.75) is 219 Å². The summed E-state index contributed by atoms with van der Waals surface area (Å²) in [5.41, 5.74) is 5.95. The predicted octanol–water partition coefficient (Wildman–Crippen LogP) is 7.07. The third-order valence-electron chi connectivity index (χ3n) is 19.0. The summed E-state index contributed by atoms with van der Waals surface area (Å²) in [6, 6.07) is 3.60. The fraction of sp³-hybridized carbons (Fsp3) is 0.667. The number of nitrogens with two attached hydrogens (primary N) is 1. The molecule has 1 saturated carbocycles. The number of benzene rings is 2. The number of hydrogen-bond donors (Lipinski definition) is 8. The number of likely N-dealkylation sites (N-methyl/N-ethyl adjacent to an activating group) is 2. The molecule has 0 radical (unpaired) electrons. The van der Waals surface area contributed by atoms with E-state index in [0.29, 0.717) is 74.9 Å². The SMILES string of the molecule is CC[C@H](C)[C@@H]([C@@H](CC(=O)N1CCC[C@H]1[C@H](OC)[C@@H](C)C(=O)NCCc1c(F)cccc1F)OC)N(C)C(=O)[C@@H](NC(=O)[C@H](C(C)C)N(C)C(=O)OCc1ccc(NC(=O)[C@H](CCCNC(N)=O)NC(=O)[C@@H](NC(=O)CCCCCC2C(=O)CC(SCCCC(=O)O)C2=O)C(C)C)cc1)C(C)C. The molecule has 12 atom stereocenters. The number of aliphatic carboxylic acids is 1. The molecule has 4 rings (SSSR count). The molecule has 2 unspecified atom stereocenters. The highest BCUT2D eigenvalue weighted by Crippen LogP contribution is 2.33. The third-order valence-corrected chi connectivity index (χ3v) is 20.3. The Bertz CT molecular complexity index is 3110. The first-order chi connectivity index (χ1) is 47.8. The monoisotopic (exact) mass is 1440 g/mol. The van der Waals surface area contributed by atoms with Crippen LogP contribution in [0.4, 0.5) is 24.1 Å². The van der Waals surface area contributed by atoms with Gasteiger partial charge in [-0.1, -0.05) is 99.8 Å². The lowest BCUT2D eigenvalue weighted by atomic mass is 9.89. The number of hydrogen-bond acceptors (Lipinski definition) is 16. The molecule has 1 aliphatic heterocycles. The molecule has 2 aliphatic rings. The van der Waals surface area contributed by atoms with Crippen LogP contribution >= 0.6 is 11.8 Å². The van der Waals surface area contributed by atoms with Gasteiger partial charge in [0.1, 0.15) is 48.2 Å². The van der Waals surface area contributed by atoms with Crippen LogP contribution in [-0.2, 0) is 75.2 Å². The van der Waals surface area contributed by atoms with Gasteiger partial charge in [-0.05, 0) is 111 Å². The molecule has 26 nitrogen and oxygen atoms in total. The van der Waals surface area contributed by atoms with Gasteiger partial charge in [-0.25, -0.2) is 18.4 Å². The van der Waals surface area contributed by atoms with E-state index in [9.17, 15) is 66.3 Å². The predicted molar refractivity (Wildman–Crippen MR) is 377 cm³/mol. The van der Waals surface area contributed by atoms with Crippen molar-refractivity contribution in [3.05, 3.63) is 65.2 Å². The van der Waals surface area contributed by atoms with Crippen LogP contribution in [0.3, 0.4) is 0 Å². The number of likely N-dealkylation sites (tertiary alicyclic amines) is 1. The van der Waals surface area contributed by atoms with E-state index < -0.39 is 148 Å². The van der Waals surface area contributed by atoms with Crippen LogP contribution in [0, 0.1) is 47.1 Å². The van der Waals surface area contributed by atoms with E-state index in [4.69, 9.17) is 25.1 Å². The Morgan fingerprint density at radius 2 is 1.41 bits per heavy atom. The van der Waals surface area contributed by atoms with Gasteiger partial charge in [-0.15, -0.1) is 0 Å². The van der Waals surface area contributed by atoms with Gasteiger partial charge < -0.3 is 66.8 Å². The molecule has 29 heteroatoms. The Hall–Kier alpha value is -7.79. The van der Waals surface area contributed by atoms with Crippen LogP contribution < -0.4 is 37.6 Å². The molecule has 2 aromatic carbocycles. The highest BCUT2D eigenvalue weighted by Gasteiger charge is 2.45. The minimum Gasteiger partial charge on any atom is -0.481 e. The molecule has 0 aromatic heterocycles. The zero-order valence-corrected chi connectivity index (χ0v) is 61.8. The molecule has 1 heterocycles. The number of thioether (sulfide) groups is 1. The van der Waals surface area contributed by atoms with E-state index in [1.165, 1.54) is 44.0 Å². The summed E-state index contributed by atoms with van der Waals surface area (Å²) < 4.78 is 46.2. The van der Waals surface area contributed by atoms with Gasteiger partial charge in [0.05, 0.1) is 47.8 Å². The normalized spacial score (nSPS) is 18.0. The van der Waals surface area contributed by atoms with Crippen LogP contribution in [0.25, 0.3) is 0 Å². The summed E-state index contributed by atoms with van der Waals surface area (Å²) in [5, 5.41) is 24.9. The van der Waals surface area contributed by atoms with Crippen molar-refractivity contribution in [2.24, 2.45) is 41.2 Å². The summed E-state index contributed by atoms with van der Waals surface area (Å²) in [6.45, 7) is 16.3. The summed E-state index contributed by atoms with van der Waals surface area (Å²) in [6.07, 6.45) is 1.92. The number of halogens is 2. The smallest absolute Gasteiger partial charge is 0.410 e. The van der Waals surface area contributed by atoms with Crippen LogP contribution in [0.15, 0.2) is 42.5 Å². The van der Waals surface area contributed by atoms with E-state index in [1.54, 1.807) is 84.7 Å². The van der Waals surface area contributed by atoms with Crippen LogP contribution in [0.2, 0.25) is 0 Å². The molecule has 101 heavy (non-hydrogen) atoms. The van der Waals surface area contributed by atoms with Crippen molar-refractivity contribution in [1.29, 1.82) is 0 Å². The number of methoxy groups -OCH3 is 2. The number of rotatable bonds is 43. The Morgan fingerprint density at radius 1 is 0.743 bits per heavy atom. The van der Waals surface area contributed by atoms with Crippen LogP contribution in [0.5, 0.6) is 0 Å². The molecular weight excluding hydrogens is 1330 g/mol. The number of nitrogens with zero attached hydrogens (tertiary/aromatic N) is 3. The number of primary amides is 1. The zero-order chi connectivity index (χ0) is 75.4. The average Bonchev–Trinajstić information content (AvgIpc) is 1.77. The molecule has 10 amide bonds. The Morgan fingerprint density at radius 3 is 2.00 bits per heavy atom. The van der Waals surface area contributed by atoms with E-state index in [-0.39, 0.29) is 93.6 Å². The fourth-order valence-electron chi connectivity index (χ4n) is 13.1. The maximum Gasteiger partial charge on any atom is 0.410 e. The van der Waals surface area contributed by atoms with Crippen LogP contribution in [-0.4, -0.2) is 198 Å². The number of ether oxygens (including phenoxy) is 3. The van der Waals surface area contributed by atoms with E-state index >= 15 is 0 Å². The molecule has 0 bridgehead atoms. The second kappa shape index (κ2) is 42.6. The highest BCUT2D eigenvalue weighted by molar-refractivity contribution is 8.00. The Kier molecular flexibility index (Phi) is 36.1. The molecule has 1 aliphatic carbocycles. The summed E-state index contributed by atoms with van der Waals surface area (Å²) >= 11 is 1.32. The number of urea groups is 1. The number of ketones is 2. The first-order valence-electron chi connectivity index (χ1n) is 35.2. The minimum absolute atomic E-state index is 0.00881. The Balaban J connectivity index is 1.35.